The van der Waals surface area contributed by atoms with Crippen molar-refractivity contribution in [1.29, 1.82) is 0 Å². The van der Waals surface area contributed by atoms with Gasteiger partial charge in [0.2, 0.25) is 0 Å². The fourth-order valence-electron chi connectivity index (χ4n) is 1.42. The van der Waals surface area contributed by atoms with E-state index in [1.54, 1.807) is 6.07 Å². The predicted molar refractivity (Wildman–Crippen MR) is 64.3 cm³/mol. The molecule has 1 aromatic heterocycles. The molecule has 16 heavy (non-hydrogen) atoms. The standard InChI is InChI=1S/C9H6Br2F2N2O/c10-4-2-6-5(14-9(16)15-6)1-3(4)7(11)8(12)13/h1-2,7-8H,(H2,14,15,16). The van der Waals surface area contributed by atoms with Crippen LogP contribution in [0.3, 0.4) is 0 Å². The fraction of sp³-hybridized carbons (Fsp3) is 0.222. The molecule has 0 radical (unpaired) electrons. The summed E-state index contributed by atoms with van der Waals surface area (Å²) < 4.78 is 25.6. The Morgan fingerprint density at radius 1 is 1.19 bits per heavy atom. The van der Waals surface area contributed by atoms with Crippen LogP contribution in [0.2, 0.25) is 0 Å². The van der Waals surface area contributed by atoms with Gasteiger partial charge in [0.1, 0.15) is 4.83 Å². The summed E-state index contributed by atoms with van der Waals surface area (Å²) in [4.78, 5) is 15.0. The summed E-state index contributed by atoms with van der Waals surface area (Å²) in [6.45, 7) is 0. The van der Waals surface area contributed by atoms with Crippen LogP contribution in [0.5, 0.6) is 0 Å². The monoisotopic (exact) mass is 354 g/mol. The normalized spacial score (nSPS) is 13.6. The number of alkyl halides is 3. The van der Waals surface area contributed by atoms with Gasteiger partial charge in [-0.15, -0.1) is 0 Å². The van der Waals surface area contributed by atoms with Gasteiger partial charge >= 0.3 is 5.69 Å². The Labute approximate surface area is 105 Å². The molecule has 3 nitrogen and oxygen atoms in total. The van der Waals surface area contributed by atoms with E-state index < -0.39 is 11.3 Å². The van der Waals surface area contributed by atoms with Gasteiger partial charge in [0, 0.05) is 4.47 Å². The van der Waals surface area contributed by atoms with Crippen molar-refractivity contribution in [2.45, 2.75) is 11.3 Å². The van der Waals surface area contributed by atoms with Gasteiger partial charge in [-0.05, 0) is 17.7 Å². The van der Waals surface area contributed by atoms with E-state index >= 15 is 0 Å². The summed E-state index contributed by atoms with van der Waals surface area (Å²) in [5, 5.41) is 0. The molecule has 0 spiro atoms. The van der Waals surface area contributed by atoms with Crippen molar-refractivity contribution in [2.75, 3.05) is 0 Å². The number of imidazole rings is 1. The Hall–Kier alpha value is -0.690. The molecule has 1 heterocycles. The van der Waals surface area contributed by atoms with Crippen LogP contribution in [0.15, 0.2) is 21.4 Å². The maximum atomic E-state index is 12.6. The molecule has 1 unspecified atom stereocenters. The van der Waals surface area contributed by atoms with E-state index in [0.717, 1.165) is 0 Å². The Bertz CT molecular complexity index is 578. The van der Waals surface area contributed by atoms with Gasteiger partial charge < -0.3 is 9.97 Å². The second-order valence-corrected chi connectivity index (χ2v) is 5.08. The number of aromatic nitrogens is 2. The van der Waals surface area contributed by atoms with Crippen molar-refractivity contribution in [3.63, 3.8) is 0 Å². The summed E-state index contributed by atoms with van der Waals surface area (Å²) in [5.74, 6) is 0. The molecule has 0 bridgehead atoms. The molecule has 7 heteroatoms. The first-order chi connectivity index (χ1) is 7.49. The lowest BCUT2D eigenvalue weighted by Gasteiger charge is -2.10. The lowest BCUT2D eigenvalue weighted by atomic mass is 10.1. The predicted octanol–water partition coefficient (Wildman–Crippen LogP) is 3.32. The number of aromatic amines is 2. The van der Waals surface area contributed by atoms with Gasteiger partial charge in [-0.3, -0.25) is 0 Å². The smallest absolute Gasteiger partial charge is 0.306 e. The van der Waals surface area contributed by atoms with Crippen LogP contribution in [0.25, 0.3) is 11.0 Å². The quantitative estimate of drug-likeness (QED) is 0.797. The zero-order chi connectivity index (χ0) is 11.9. The van der Waals surface area contributed by atoms with E-state index in [9.17, 15) is 13.6 Å². The lowest BCUT2D eigenvalue weighted by molar-refractivity contribution is 0.147. The van der Waals surface area contributed by atoms with Crippen molar-refractivity contribution >= 4 is 42.9 Å². The third kappa shape index (κ3) is 2.06. The van der Waals surface area contributed by atoms with E-state index in [1.165, 1.54) is 6.07 Å². The number of benzene rings is 1. The van der Waals surface area contributed by atoms with E-state index in [1.807, 2.05) is 0 Å². The first-order valence-electron chi connectivity index (χ1n) is 4.32. The highest BCUT2D eigenvalue weighted by atomic mass is 79.9. The van der Waals surface area contributed by atoms with Crippen LogP contribution in [-0.2, 0) is 0 Å². The van der Waals surface area contributed by atoms with Gasteiger partial charge in [-0.2, -0.15) is 0 Å². The number of fused-ring (bicyclic) bond motifs is 1. The van der Waals surface area contributed by atoms with Crippen molar-refractivity contribution in [3.05, 3.63) is 32.7 Å². The number of H-pyrrole nitrogens is 2. The third-order valence-corrected chi connectivity index (χ3v) is 3.73. The second-order valence-electron chi connectivity index (χ2n) is 3.23. The number of rotatable bonds is 2. The molecule has 1 aromatic carbocycles. The summed E-state index contributed by atoms with van der Waals surface area (Å²) in [7, 11) is 0. The van der Waals surface area contributed by atoms with Crippen LogP contribution < -0.4 is 5.69 Å². The molecule has 0 aliphatic heterocycles. The highest BCUT2D eigenvalue weighted by Crippen LogP contribution is 2.35. The molecule has 0 amide bonds. The van der Waals surface area contributed by atoms with E-state index in [0.29, 0.717) is 21.1 Å². The largest absolute Gasteiger partial charge is 0.323 e. The Morgan fingerprint density at radius 3 is 2.31 bits per heavy atom. The molecule has 1 atom stereocenters. The zero-order valence-corrected chi connectivity index (χ0v) is 10.9. The summed E-state index contributed by atoms with van der Waals surface area (Å²) >= 11 is 6.11. The minimum atomic E-state index is -2.51. The first kappa shape index (κ1) is 11.8. The SMILES string of the molecule is O=c1[nH]c2cc(Br)c(C(Br)C(F)F)cc2[nH]1. The number of halogens is 4. The molecule has 0 aliphatic rings. The van der Waals surface area contributed by atoms with Gasteiger partial charge in [0.05, 0.1) is 11.0 Å². The maximum Gasteiger partial charge on any atom is 0.323 e. The first-order valence-corrected chi connectivity index (χ1v) is 6.03. The average molecular weight is 356 g/mol. The van der Waals surface area contributed by atoms with Crippen molar-refractivity contribution < 1.29 is 8.78 Å². The summed E-state index contributed by atoms with van der Waals surface area (Å²) in [5.41, 5.74) is 1.13. The molecule has 86 valence electrons. The maximum absolute atomic E-state index is 12.6. The molecule has 0 saturated carbocycles. The minimum absolute atomic E-state index is 0.359. The van der Waals surface area contributed by atoms with Crippen LogP contribution >= 0.6 is 31.9 Å². The summed E-state index contributed by atoms with van der Waals surface area (Å²) in [6.07, 6.45) is -2.51. The molecule has 2 aromatic rings. The number of nitrogens with one attached hydrogen (secondary N) is 2. The van der Waals surface area contributed by atoms with Crippen LogP contribution in [-0.4, -0.2) is 16.4 Å². The number of hydrogen-bond acceptors (Lipinski definition) is 1. The zero-order valence-electron chi connectivity index (χ0n) is 7.73. The van der Waals surface area contributed by atoms with Crippen molar-refractivity contribution in [2.24, 2.45) is 0 Å². The van der Waals surface area contributed by atoms with Crippen molar-refractivity contribution in [3.8, 4) is 0 Å². The molecule has 2 N–H and O–H groups in total. The second kappa shape index (κ2) is 4.29. The van der Waals surface area contributed by atoms with Crippen LogP contribution in [0, 0.1) is 0 Å². The van der Waals surface area contributed by atoms with Gasteiger partial charge in [-0.1, -0.05) is 31.9 Å². The minimum Gasteiger partial charge on any atom is -0.306 e. The highest BCUT2D eigenvalue weighted by molar-refractivity contribution is 9.11. The van der Waals surface area contributed by atoms with Crippen LogP contribution in [0.1, 0.15) is 10.4 Å². The number of hydrogen-bond donors (Lipinski definition) is 2. The summed E-state index contributed by atoms with van der Waals surface area (Å²) in [6, 6.07) is 3.11. The molecule has 0 aliphatic carbocycles. The highest BCUT2D eigenvalue weighted by Gasteiger charge is 2.22. The molecule has 0 fully saturated rings. The topological polar surface area (TPSA) is 48.6 Å². The Balaban J connectivity index is 2.61. The van der Waals surface area contributed by atoms with E-state index in [2.05, 4.69) is 41.8 Å². The molecule has 0 saturated heterocycles. The van der Waals surface area contributed by atoms with Crippen molar-refractivity contribution in [1.82, 2.24) is 9.97 Å². The van der Waals surface area contributed by atoms with E-state index in [-0.39, 0.29) is 5.69 Å². The van der Waals surface area contributed by atoms with Gasteiger partial charge in [0.15, 0.2) is 0 Å². The van der Waals surface area contributed by atoms with Gasteiger partial charge in [0.25, 0.3) is 6.43 Å². The molecular formula is C9H6Br2F2N2O. The fourth-order valence-corrected chi connectivity index (χ4v) is 2.70. The van der Waals surface area contributed by atoms with Gasteiger partial charge in [-0.25, -0.2) is 13.6 Å². The Kier molecular flexibility index (Phi) is 3.16. The molecule has 2 rings (SSSR count). The average Bonchev–Trinajstić information content (AvgIpc) is 2.54. The van der Waals surface area contributed by atoms with E-state index in [4.69, 9.17) is 0 Å². The third-order valence-electron chi connectivity index (χ3n) is 2.15. The Morgan fingerprint density at radius 2 is 1.75 bits per heavy atom. The lowest BCUT2D eigenvalue weighted by Crippen LogP contribution is -2.02. The van der Waals surface area contributed by atoms with Crippen LogP contribution in [0.4, 0.5) is 8.78 Å². The molecular weight excluding hydrogens is 350 g/mol.